The summed E-state index contributed by atoms with van der Waals surface area (Å²) < 4.78 is 5.33. The number of hydrogen-bond donors (Lipinski definition) is 4. The summed E-state index contributed by atoms with van der Waals surface area (Å²) in [4.78, 5) is 25.1. The Morgan fingerprint density at radius 3 is 1.89 bits per heavy atom. The van der Waals surface area contributed by atoms with E-state index in [0.717, 1.165) is 0 Å². The van der Waals surface area contributed by atoms with Crippen LogP contribution < -0.4 is 0 Å². The van der Waals surface area contributed by atoms with Crippen molar-refractivity contribution in [3.8, 4) is 0 Å². The third-order valence-corrected chi connectivity index (χ3v) is 6.29. The predicted molar refractivity (Wildman–Crippen MR) is 99.6 cm³/mol. The fourth-order valence-corrected chi connectivity index (χ4v) is 3.99. The van der Waals surface area contributed by atoms with Gasteiger partial charge in [-0.15, -0.1) is 0 Å². The van der Waals surface area contributed by atoms with Crippen molar-refractivity contribution in [2.45, 2.75) is 72.4 Å². The highest BCUT2D eigenvalue weighted by molar-refractivity contribution is 5.83. The number of Topliss-reactive ketones (excluding diaryl/α,β-unsaturated/α-hetero) is 1. The first-order valence-corrected chi connectivity index (χ1v) is 9.83. The second-order valence-corrected chi connectivity index (χ2v) is 8.44. The number of hydrogen-bond acceptors (Lipinski definition) is 7. The van der Waals surface area contributed by atoms with Crippen LogP contribution in [0.15, 0.2) is 0 Å². The van der Waals surface area contributed by atoms with Crippen LogP contribution in [0.5, 0.6) is 0 Å². The van der Waals surface area contributed by atoms with Crippen molar-refractivity contribution in [1.82, 2.24) is 0 Å². The number of esters is 1. The molecule has 1 saturated heterocycles. The largest absolute Gasteiger partial charge is 0.459 e. The van der Waals surface area contributed by atoms with E-state index in [4.69, 9.17) is 4.74 Å². The molecular formula is C20H36O7. The van der Waals surface area contributed by atoms with E-state index in [1.165, 1.54) is 6.92 Å². The lowest BCUT2D eigenvalue weighted by Crippen LogP contribution is -2.46. The quantitative estimate of drug-likeness (QED) is 0.489. The molecule has 1 aliphatic rings. The van der Waals surface area contributed by atoms with Crippen molar-refractivity contribution in [2.75, 3.05) is 6.61 Å². The van der Waals surface area contributed by atoms with E-state index in [1.807, 2.05) is 0 Å². The number of carbonyl (C=O) groups is 2. The molecule has 158 valence electrons. The Labute approximate surface area is 161 Å². The molecule has 1 rings (SSSR count). The maximum absolute atomic E-state index is 12.7. The van der Waals surface area contributed by atoms with E-state index in [0.29, 0.717) is 6.42 Å². The second-order valence-electron chi connectivity index (χ2n) is 8.44. The van der Waals surface area contributed by atoms with Gasteiger partial charge < -0.3 is 25.2 Å². The zero-order chi connectivity index (χ0) is 21.0. The molecule has 1 heterocycles. The molecule has 0 aromatic heterocycles. The molecular weight excluding hydrogens is 352 g/mol. The molecule has 4 N–H and O–H groups in total. The van der Waals surface area contributed by atoms with E-state index in [9.17, 15) is 30.0 Å². The van der Waals surface area contributed by atoms with E-state index >= 15 is 0 Å². The molecule has 0 aromatic rings. The van der Waals surface area contributed by atoms with Gasteiger partial charge in [-0.3, -0.25) is 9.59 Å². The molecule has 0 radical (unpaired) electrons. The number of rotatable bonds is 1. The third kappa shape index (κ3) is 5.50. The van der Waals surface area contributed by atoms with Crippen LogP contribution in [-0.2, 0) is 14.3 Å². The molecule has 0 aromatic carbocycles. The lowest BCUT2D eigenvalue weighted by Gasteiger charge is -2.35. The molecule has 27 heavy (non-hydrogen) atoms. The highest BCUT2D eigenvalue weighted by Gasteiger charge is 2.40. The number of aliphatic hydroxyl groups excluding tert-OH is 4. The van der Waals surface area contributed by atoms with Gasteiger partial charge >= 0.3 is 5.97 Å². The van der Waals surface area contributed by atoms with Crippen LogP contribution in [0, 0.1) is 35.5 Å². The van der Waals surface area contributed by atoms with Crippen molar-refractivity contribution in [1.29, 1.82) is 0 Å². The van der Waals surface area contributed by atoms with Crippen molar-refractivity contribution in [3.63, 3.8) is 0 Å². The third-order valence-electron chi connectivity index (χ3n) is 6.29. The average Bonchev–Trinajstić information content (AvgIpc) is 2.66. The van der Waals surface area contributed by atoms with Gasteiger partial charge in [-0.2, -0.15) is 0 Å². The first-order chi connectivity index (χ1) is 12.4. The minimum absolute atomic E-state index is 0.143. The fourth-order valence-electron chi connectivity index (χ4n) is 3.99. The Bertz CT molecular complexity index is 509. The van der Waals surface area contributed by atoms with Crippen LogP contribution in [0.25, 0.3) is 0 Å². The molecule has 0 bridgehead atoms. The number of aliphatic hydroxyl groups is 4. The Morgan fingerprint density at radius 1 is 0.852 bits per heavy atom. The van der Waals surface area contributed by atoms with Gasteiger partial charge in [0, 0.05) is 23.7 Å². The Morgan fingerprint density at radius 2 is 1.37 bits per heavy atom. The van der Waals surface area contributed by atoms with E-state index in [1.54, 1.807) is 34.6 Å². The topological polar surface area (TPSA) is 124 Å². The normalized spacial score (nSPS) is 45.9. The number of ketones is 1. The van der Waals surface area contributed by atoms with Crippen molar-refractivity contribution in [3.05, 3.63) is 0 Å². The van der Waals surface area contributed by atoms with Gasteiger partial charge in [-0.05, 0) is 19.3 Å². The lowest BCUT2D eigenvalue weighted by atomic mass is 9.77. The van der Waals surface area contributed by atoms with E-state index in [-0.39, 0.29) is 17.6 Å². The number of cyclic esters (lactones) is 1. The maximum Gasteiger partial charge on any atom is 0.311 e. The minimum Gasteiger partial charge on any atom is -0.459 e. The zero-order valence-electron chi connectivity index (χ0n) is 17.2. The van der Waals surface area contributed by atoms with Gasteiger partial charge in [-0.25, -0.2) is 0 Å². The molecule has 0 aliphatic carbocycles. The van der Waals surface area contributed by atoms with Crippen LogP contribution in [0.3, 0.4) is 0 Å². The molecule has 0 spiro atoms. The second kappa shape index (κ2) is 9.96. The Kier molecular flexibility index (Phi) is 8.86. The van der Waals surface area contributed by atoms with Gasteiger partial charge in [0.1, 0.15) is 11.9 Å². The highest BCUT2D eigenvalue weighted by atomic mass is 16.6. The van der Waals surface area contributed by atoms with Crippen molar-refractivity contribution in [2.24, 2.45) is 35.5 Å². The van der Waals surface area contributed by atoms with Crippen LogP contribution in [0.4, 0.5) is 0 Å². The SMILES string of the molecule is C[C@@H]1[C@@H](O)[C@@H](C)C[C@@H](C)C(=O)[C@H](C)[C@@H](O)[C@@H](C)[C@@H](CO)OC(=O)[C@H](C)[C@H]1O. The fraction of sp³-hybridized carbons (Fsp3) is 0.900. The molecule has 0 unspecified atom stereocenters. The smallest absolute Gasteiger partial charge is 0.311 e. The summed E-state index contributed by atoms with van der Waals surface area (Å²) in [6.07, 6.45) is -3.71. The summed E-state index contributed by atoms with van der Waals surface area (Å²) in [6, 6.07) is 0. The minimum atomic E-state index is -1.14. The average molecular weight is 389 g/mol. The number of ether oxygens (including phenoxy) is 1. The molecule has 7 heteroatoms. The van der Waals surface area contributed by atoms with Crippen LogP contribution in [0.1, 0.15) is 48.0 Å². The maximum atomic E-state index is 12.7. The van der Waals surface area contributed by atoms with E-state index < -0.39 is 60.7 Å². The molecule has 1 aliphatic heterocycles. The van der Waals surface area contributed by atoms with E-state index in [2.05, 4.69) is 0 Å². The standard InChI is InChI=1S/C20H36O7/c1-9-7-10(2)17(23)13(5)19(25)14(6)20(26)27-15(8-21)11(3)18(24)12(4)16(9)22/h9-15,17-19,21,23-25H,7-8H2,1-6H3/t9-,10+,11+,12+,13-,14-,15-,17+,18+,19+/m1/s1. The predicted octanol–water partition coefficient (Wildman–Crippen LogP) is 0.763. The summed E-state index contributed by atoms with van der Waals surface area (Å²) in [7, 11) is 0. The zero-order valence-corrected chi connectivity index (χ0v) is 17.2. The van der Waals surface area contributed by atoms with Crippen LogP contribution >= 0.6 is 0 Å². The van der Waals surface area contributed by atoms with Crippen LogP contribution in [-0.4, -0.2) is 63.2 Å². The Hall–Kier alpha value is -1.02. The number of carbonyl (C=O) groups excluding carboxylic acids is 2. The van der Waals surface area contributed by atoms with Crippen molar-refractivity contribution >= 4 is 11.8 Å². The van der Waals surface area contributed by atoms with Gasteiger partial charge in [-0.1, -0.05) is 34.6 Å². The summed E-state index contributed by atoms with van der Waals surface area (Å²) >= 11 is 0. The Balaban J connectivity index is 3.23. The lowest BCUT2D eigenvalue weighted by molar-refractivity contribution is -0.169. The van der Waals surface area contributed by atoms with Gasteiger partial charge in [0.25, 0.3) is 0 Å². The molecule has 7 nitrogen and oxygen atoms in total. The summed E-state index contributed by atoms with van der Waals surface area (Å²) in [5.74, 6) is -4.36. The molecule has 0 amide bonds. The van der Waals surface area contributed by atoms with Gasteiger partial charge in [0.15, 0.2) is 0 Å². The molecule has 10 atom stereocenters. The van der Waals surface area contributed by atoms with Gasteiger partial charge in [0.05, 0.1) is 30.8 Å². The monoisotopic (exact) mass is 388 g/mol. The first kappa shape index (κ1) is 24.0. The highest BCUT2D eigenvalue weighted by Crippen LogP contribution is 2.30. The summed E-state index contributed by atoms with van der Waals surface area (Å²) in [6.45, 7) is 9.48. The summed E-state index contributed by atoms with van der Waals surface area (Å²) in [5.41, 5.74) is 0. The molecule has 1 fully saturated rings. The van der Waals surface area contributed by atoms with Gasteiger partial charge in [0.2, 0.25) is 0 Å². The van der Waals surface area contributed by atoms with Crippen LogP contribution in [0.2, 0.25) is 0 Å². The van der Waals surface area contributed by atoms with Crippen molar-refractivity contribution < 1.29 is 34.8 Å². The first-order valence-electron chi connectivity index (χ1n) is 9.83. The summed E-state index contributed by atoms with van der Waals surface area (Å²) in [5, 5.41) is 41.3. The molecule has 0 saturated carbocycles.